The molecule has 2 saturated carbocycles. The highest BCUT2D eigenvalue weighted by Crippen LogP contribution is 2.44. The van der Waals surface area contributed by atoms with Gasteiger partial charge < -0.3 is 0 Å². The van der Waals surface area contributed by atoms with Crippen LogP contribution in [0.15, 0.2) is 36.5 Å². The Kier molecular flexibility index (Phi) is 3.76. The van der Waals surface area contributed by atoms with Crippen LogP contribution < -0.4 is 0 Å². The van der Waals surface area contributed by atoms with Crippen molar-refractivity contribution in [3.63, 3.8) is 0 Å². The molecule has 1 aromatic carbocycles. The summed E-state index contributed by atoms with van der Waals surface area (Å²) in [5.41, 5.74) is 3.55. The third-order valence-electron chi connectivity index (χ3n) is 5.40. The lowest BCUT2D eigenvalue weighted by Gasteiger charge is -2.25. The molecule has 1 aromatic heterocycles. The fourth-order valence-electron chi connectivity index (χ4n) is 4.07. The van der Waals surface area contributed by atoms with Crippen molar-refractivity contribution in [1.29, 1.82) is 0 Å². The van der Waals surface area contributed by atoms with Crippen LogP contribution >= 0.6 is 11.6 Å². The molecule has 4 heteroatoms. The Labute approximate surface area is 146 Å². The molecule has 3 atom stereocenters. The summed E-state index contributed by atoms with van der Waals surface area (Å²) >= 11 is 5.96. The summed E-state index contributed by atoms with van der Waals surface area (Å²) in [5, 5.41) is 0.676. The number of nitrogens with zero attached hydrogens (tertiary/aromatic N) is 1. The number of ketones is 2. The number of aryl methyl sites for hydroxylation is 1. The minimum Gasteiger partial charge on any atom is -0.298 e. The van der Waals surface area contributed by atoms with Gasteiger partial charge in [0, 0.05) is 34.3 Å². The Morgan fingerprint density at radius 3 is 2.29 bits per heavy atom. The molecule has 3 nitrogen and oxygen atoms in total. The predicted molar refractivity (Wildman–Crippen MR) is 93.0 cm³/mol. The van der Waals surface area contributed by atoms with Crippen LogP contribution in [0.5, 0.6) is 0 Å². The number of hydrogen-bond acceptors (Lipinski definition) is 3. The third kappa shape index (κ3) is 2.48. The van der Waals surface area contributed by atoms with Crippen LogP contribution in [-0.4, -0.2) is 16.6 Å². The van der Waals surface area contributed by atoms with Gasteiger partial charge in [0.25, 0.3) is 0 Å². The van der Waals surface area contributed by atoms with Gasteiger partial charge in [-0.2, -0.15) is 0 Å². The minimum atomic E-state index is -0.629. The van der Waals surface area contributed by atoms with E-state index in [0.717, 1.165) is 41.6 Å². The van der Waals surface area contributed by atoms with Crippen LogP contribution in [-0.2, 0) is 9.59 Å². The number of aromatic nitrogens is 1. The van der Waals surface area contributed by atoms with Crippen molar-refractivity contribution in [3.8, 4) is 11.1 Å². The largest absolute Gasteiger partial charge is 0.298 e. The topological polar surface area (TPSA) is 47.0 Å². The molecular weight excluding hydrogens is 322 g/mol. The molecule has 0 aliphatic heterocycles. The summed E-state index contributed by atoms with van der Waals surface area (Å²) < 4.78 is 0. The zero-order valence-corrected chi connectivity index (χ0v) is 14.2. The molecule has 1 heterocycles. The molecule has 24 heavy (non-hydrogen) atoms. The summed E-state index contributed by atoms with van der Waals surface area (Å²) in [4.78, 5) is 29.9. The van der Waals surface area contributed by atoms with Crippen molar-refractivity contribution in [2.75, 3.05) is 0 Å². The van der Waals surface area contributed by atoms with E-state index in [1.807, 2.05) is 37.3 Å². The number of benzene rings is 1. The van der Waals surface area contributed by atoms with Gasteiger partial charge in [-0.25, -0.2) is 0 Å². The summed E-state index contributed by atoms with van der Waals surface area (Å²) in [6.45, 7) is 1.93. The van der Waals surface area contributed by atoms with E-state index in [9.17, 15) is 9.59 Å². The van der Waals surface area contributed by atoms with E-state index >= 15 is 0 Å². The van der Waals surface area contributed by atoms with Gasteiger partial charge in [-0.1, -0.05) is 23.7 Å². The molecule has 2 aliphatic rings. The SMILES string of the molecule is Cc1ncc(C2C(=O)[C@@H]3CC[C@@H](C3)C2=O)cc1-c1ccc(Cl)cc1. The molecule has 0 spiro atoms. The van der Waals surface area contributed by atoms with Gasteiger partial charge in [0.2, 0.25) is 0 Å². The van der Waals surface area contributed by atoms with Gasteiger partial charge in [-0.05, 0) is 55.5 Å². The van der Waals surface area contributed by atoms with Crippen molar-refractivity contribution in [3.05, 3.63) is 52.8 Å². The smallest absolute Gasteiger partial charge is 0.150 e. The summed E-state index contributed by atoms with van der Waals surface area (Å²) in [5.74, 6) is -0.353. The lowest BCUT2D eigenvalue weighted by molar-refractivity contribution is -0.135. The predicted octanol–water partition coefficient (Wildman–Crippen LogP) is 4.36. The Hall–Kier alpha value is -2.00. The molecule has 122 valence electrons. The van der Waals surface area contributed by atoms with Crippen LogP contribution in [0.4, 0.5) is 0 Å². The molecule has 2 fully saturated rings. The van der Waals surface area contributed by atoms with Gasteiger partial charge >= 0.3 is 0 Å². The Bertz CT molecular complexity index is 806. The number of carbonyl (C=O) groups is 2. The first kappa shape index (κ1) is 15.5. The highest BCUT2D eigenvalue weighted by molar-refractivity contribution is 6.30. The maximum Gasteiger partial charge on any atom is 0.150 e. The highest BCUT2D eigenvalue weighted by atomic mass is 35.5. The van der Waals surface area contributed by atoms with E-state index < -0.39 is 5.92 Å². The van der Waals surface area contributed by atoms with E-state index in [1.165, 1.54) is 0 Å². The van der Waals surface area contributed by atoms with E-state index in [0.29, 0.717) is 5.02 Å². The minimum absolute atomic E-state index is 0.0537. The van der Waals surface area contributed by atoms with E-state index in [-0.39, 0.29) is 23.4 Å². The van der Waals surface area contributed by atoms with Crippen molar-refractivity contribution in [2.45, 2.75) is 32.1 Å². The molecule has 0 saturated heterocycles. The van der Waals surface area contributed by atoms with E-state index in [4.69, 9.17) is 11.6 Å². The average molecular weight is 340 g/mol. The van der Waals surface area contributed by atoms with Crippen molar-refractivity contribution >= 4 is 23.2 Å². The number of halogens is 1. The maximum atomic E-state index is 12.7. The Morgan fingerprint density at radius 2 is 1.67 bits per heavy atom. The summed E-state index contributed by atoms with van der Waals surface area (Å²) in [6.07, 6.45) is 4.15. The fraction of sp³-hybridized carbons (Fsp3) is 0.350. The van der Waals surface area contributed by atoms with Crippen LogP contribution in [0.25, 0.3) is 11.1 Å². The molecule has 2 aliphatic carbocycles. The highest BCUT2D eigenvalue weighted by Gasteiger charge is 2.47. The summed E-state index contributed by atoms with van der Waals surface area (Å²) in [6, 6.07) is 9.49. The Balaban J connectivity index is 1.77. The average Bonchev–Trinajstić information content (AvgIpc) is 3.03. The monoisotopic (exact) mass is 339 g/mol. The Morgan fingerprint density at radius 1 is 1.04 bits per heavy atom. The number of carbonyl (C=O) groups excluding carboxylic acids is 2. The maximum absolute atomic E-state index is 12.7. The lowest BCUT2D eigenvalue weighted by atomic mass is 9.75. The van der Waals surface area contributed by atoms with Gasteiger partial charge in [0.05, 0.1) is 0 Å². The lowest BCUT2D eigenvalue weighted by Crippen LogP contribution is -2.34. The fourth-order valence-corrected chi connectivity index (χ4v) is 4.19. The molecule has 1 unspecified atom stereocenters. The van der Waals surface area contributed by atoms with Crippen LogP contribution in [0.1, 0.15) is 36.4 Å². The number of Topliss-reactive ketones (excluding diaryl/α,β-unsaturated/α-hetero) is 2. The zero-order valence-electron chi connectivity index (χ0n) is 13.5. The van der Waals surface area contributed by atoms with Gasteiger partial charge in [0.1, 0.15) is 5.92 Å². The number of hydrogen-bond donors (Lipinski definition) is 0. The van der Waals surface area contributed by atoms with Crippen LogP contribution in [0.2, 0.25) is 5.02 Å². The molecular formula is C20H18ClNO2. The van der Waals surface area contributed by atoms with Crippen molar-refractivity contribution in [1.82, 2.24) is 4.98 Å². The van der Waals surface area contributed by atoms with Gasteiger partial charge in [-0.3, -0.25) is 14.6 Å². The van der Waals surface area contributed by atoms with E-state index in [1.54, 1.807) is 6.20 Å². The molecule has 0 N–H and O–H groups in total. The molecule has 0 amide bonds. The standard InChI is InChI=1S/C20H18ClNO2/c1-11-17(12-4-6-16(21)7-5-12)9-15(10-22-11)18-19(23)13-2-3-14(8-13)20(18)24/h4-7,9-10,13-14,18H,2-3,8H2,1H3/t13-,14+,18?. The second-order valence-electron chi connectivity index (χ2n) is 6.85. The number of pyridine rings is 1. The van der Waals surface area contributed by atoms with Crippen LogP contribution in [0.3, 0.4) is 0 Å². The normalized spacial score (nSPS) is 26.0. The van der Waals surface area contributed by atoms with Crippen molar-refractivity contribution in [2.24, 2.45) is 11.8 Å². The molecule has 2 aromatic rings. The molecule has 4 rings (SSSR count). The first-order chi connectivity index (χ1) is 11.5. The van der Waals surface area contributed by atoms with Gasteiger partial charge in [-0.15, -0.1) is 0 Å². The first-order valence-electron chi connectivity index (χ1n) is 8.34. The van der Waals surface area contributed by atoms with E-state index in [2.05, 4.69) is 4.98 Å². The van der Waals surface area contributed by atoms with Crippen molar-refractivity contribution < 1.29 is 9.59 Å². The second kappa shape index (κ2) is 5.82. The van der Waals surface area contributed by atoms with Crippen LogP contribution in [0, 0.1) is 18.8 Å². The number of rotatable bonds is 2. The van der Waals surface area contributed by atoms with Gasteiger partial charge in [0.15, 0.2) is 11.6 Å². The molecule has 0 radical (unpaired) electrons. The second-order valence-corrected chi connectivity index (χ2v) is 7.29. The zero-order chi connectivity index (χ0) is 16.8. The number of fused-ring (bicyclic) bond motifs is 2. The first-order valence-corrected chi connectivity index (χ1v) is 8.72. The third-order valence-corrected chi connectivity index (χ3v) is 5.65. The molecule has 2 bridgehead atoms. The quantitative estimate of drug-likeness (QED) is 0.764. The summed E-state index contributed by atoms with van der Waals surface area (Å²) in [7, 11) is 0.